The topological polar surface area (TPSA) is 12.0 Å². The van der Waals surface area contributed by atoms with Crippen molar-refractivity contribution in [2.24, 2.45) is 5.92 Å². The molecule has 1 rings (SSSR count). The fraction of sp³-hybridized carbons (Fsp3) is 1.00. The monoisotopic (exact) mass is 169 g/mol. The van der Waals surface area contributed by atoms with Crippen LogP contribution >= 0.6 is 0 Å². The minimum Gasteiger partial charge on any atom is -0.314 e. The molecule has 0 heterocycles. The normalized spacial score (nSPS) is 22.5. The molecule has 12 heavy (non-hydrogen) atoms. The molecule has 0 spiro atoms. The van der Waals surface area contributed by atoms with Crippen LogP contribution in [-0.2, 0) is 0 Å². The third-order valence-corrected chi connectivity index (χ3v) is 3.09. The first-order chi connectivity index (χ1) is 5.83. The summed E-state index contributed by atoms with van der Waals surface area (Å²) in [7, 11) is 0. The van der Waals surface area contributed by atoms with Crippen molar-refractivity contribution in [2.45, 2.75) is 58.4 Å². The van der Waals surface area contributed by atoms with E-state index in [1.807, 2.05) is 0 Å². The Hall–Kier alpha value is -0.0400. The standard InChI is InChI=1S/C11H23N/c1-3-10(2)12-9-11-7-5-4-6-8-11/h10-12H,3-9H2,1-2H3. The van der Waals surface area contributed by atoms with Gasteiger partial charge in [0.25, 0.3) is 0 Å². The summed E-state index contributed by atoms with van der Waals surface area (Å²) in [6, 6.07) is 0.715. The number of hydrogen-bond donors (Lipinski definition) is 1. The molecule has 1 aliphatic carbocycles. The molecule has 72 valence electrons. The van der Waals surface area contributed by atoms with Gasteiger partial charge in [-0.2, -0.15) is 0 Å². The highest BCUT2D eigenvalue weighted by molar-refractivity contribution is 4.69. The zero-order valence-corrected chi connectivity index (χ0v) is 8.60. The zero-order chi connectivity index (χ0) is 8.81. The average molecular weight is 169 g/mol. The maximum absolute atomic E-state index is 3.60. The fourth-order valence-corrected chi connectivity index (χ4v) is 1.90. The van der Waals surface area contributed by atoms with Crippen molar-refractivity contribution in [1.29, 1.82) is 0 Å². The molecule has 1 nitrogen and oxygen atoms in total. The van der Waals surface area contributed by atoms with E-state index in [1.54, 1.807) is 0 Å². The van der Waals surface area contributed by atoms with Crippen LogP contribution in [0.25, 0.3) is 0 Å². The minimum absolute atomic E-state index is 0.715. The van der Waals surface area contributed by atoms with Crippen LogP contribution in [0.2, 0.25) is 0 Å². The predicted octanol–water partition coefficient (Wildman–Crippen LogP) is 2.95. The van der Waals surface area contributed by atoms with Gasteiger partial charge in [-0.3, -0.25) is 0 Å². The van der Waals surface area contributed by atoms with E-state index in [0.29, 0.717) is 6.04 Å². The number of hydrogen-bond acceptors (Lipinski definition) is 1. The Morgan fingerprint density at radius 3 is 2.50 bits per heavy atom. The number of nitrogens with one attached hydrogen (secondary N) is 1. The van der Waals surface area contributed by atoms with Crippen molar-refractivity contribution in [3.05, 3.63) is 0 Å². The second kappa shape index (κ2) is 5.58. The van der Waals surface area contributed by atoms with E-state index < -0.39 is 0 Å². The van der Waals surface area contributed by atoms with E-state index in [2.05, 4.69) is 19.2 Å². The van der Waals surface area contributed by atoms with Gasteiger partial charge in [0.05, 0.1) is 0 Å². The second-order valence-electron chi connectivity index (χ2n) is 4.22. The first-order valence-electron chi connectivity index (χ1n) is 5.56. The maximum Gasteiger partial charge on any atom is 0.00362 e. The first kappa shape index (κ1) is 10.0. The molecule has 1 aliphatic rings. The Labute approximate surface area is 76.9 Å². The Bertz CT molecular complexity index is 106. The SMILES string of the molecule is CCC(C)NCC1CCCCC1. The molecule has 0 aromatic heterocycles. The molecule has 1 atom stereocenters. The van der Waals surface area contributed by atoms with Crippen molar-refractivity contribution < 1.29 is 0 Å². The summed E-state index contributed by atoms with van der Waals surface area (Å²) in [5, 5.41) is 3.60. The van der Waals surface area contributed by atoms with E-state index in [4.69, 9.17) is 0 Å². The largest absolute Gasteiger partial charge is 0.314 e. The van der Waals surface area contributed by atoms with Crippen LogP contribution in [0.5, 0.6) is 0 Å². The molecule has 0 radical (unpaired) electrons. The minimum atomic E-state index is 0.715. The van der Waals surface area contributed by atoms with Gasteiger partial charge in [0.15, 0.2) is 0 Å². The van der Waals surface area contributed by atoms with E-state index in [1.165, 1.54) is 45.1 Å². The molecule has 1 fully saturated rings. The van der Waals surface area contributed by atoms with Crippen molar-refractivity contribution in [1.82, 2.24) is 5.32 Å². The van der Waals surface area contributed by atoms with Gasteiger partial charge in [0, 0.05) is 6.04 Å². The van der Waals surface area contributed by atoms with Crippen molar-refractivity contribution in [2.75, 3.05) is 6.54 Å². The molecular weight excluding hydrogens is 146 g/mol. The summed E-state index contributed by atoms with van der Waals surface area (Å²) in [6.45, 7) is 5.79. The highest BCUT2D eigenvalue weighted by Gasteiger charge is 2.13. The summed E-state index contributed by atoms with van der Waals surface area (Å²) in [5.41, 5.74) is 0. The van der Waals surface area contributed by atoms with Gasteiger partial charge in [-0.25, -0.2) is 0 Å². The molecule has 0 aliphatic heterocycles. The maximum atomic E-state index is 3.60. The third-order valence-electron chi connectivity index (χ3n) is 3.09. The smallest absolute Gasteiger partial charge is 0.00362 e. The van der Waals surface area contributed by atoms with Gasteiger partial charge < -0.3 is 5.32 Å². The van der Waals surface area contributed by atoms with Crippen LogP contribution in [0.15, 0.2) is 0 Å². The summed E-state index contributed by atoms with van der Waals surface area (Å²) < 4.78 is 0. The van der Waals surface area contributed by atoms with Crippen LogP contribution in [-0.4, -0.2) is 12.6 Å². The lowest BCUT2D eigenvalue weighted by molar-refractivity contribution is 0.329. The Morgan fingerprint density at radius 2 is 1.92 bits per heavy atom. The Morgan fingerprint density at radius 1 is 1.25 bits per heavy atom. The summed E-state index contributed by atoms with van der Waals surface area (Å²) in [6.07, 6.45) is 8.58. The molecule has 0 amide bonds. The van der Waals surface area contributed by atoms with Gasteiger partial charge in [-0.15, -0.1) is 0 Å². The number of rotatable bonds is 4. The third kappa shape index (κ3) is 3.57. The highest BCUT2D eigenvalue weighted by atomic mass is 14.9. The summed E-state index contributed by atoms with van der Waals surface area (Å²) in [4.78, 5) is 0. The molecule has 1 unspecified atom stereocenters. The molecule has 1 N–H and O–H groups in total. The van der Waals surface area contributed by atoms with Crippen LogP contribution in [0.1, 0.15) is 52.4 Å². The quantitative estimate of drug-likeness (QED) is 0.682. The van der Waals surface area contributed by atoms with Crippen LogP contribution < -0.4 is 5.32 Å². The van der Waals surface area contributed by atoms with Crippen LogP contribution in [0, 0.1) is 5.92 Å². The van der Waals surface area contributed by atoms with Gasteiger partial charge in [-0.1, -0.05) is 26.2 Å². The van der Waals surface area contributed by atoms with Crippen LogP contribution in [0.3, 0.4) is 0 Å². The summed E-state index contributed by atoms with van der Waals surface area (Å²) >= 11 is 0. The second-order valence-corrected chi connectivity index (χ2v) is 4.22. The van der Waals surface area contributed by atoms with Crippen molar-refractivity contribution >= 4 is 0 Å². The van der Waals surface area contributed by atoms with Gasteiger partial charge >= 0.3 is 0 Å². The molecule has 0 saturated heterocycles. The lowest BCUT2D eigenvalue weighted by Gasteiger charge is -2.23. The van der Waals surface area contributed by atoms with Gasteiger partial charge in [0.2, 0.25) is 0 Å². The first-order valence-corrected chi connectivity index (χ1v) is 5.56. The molecule has 0 aromatic rings. The molecule has 0 aromatic carbocycles. The van der Waals surface area contributed by atoms with E-state index >= 15 is 0 Å². The lowest BCUT2D eigenvalue weighted by Crippen LogP contribution is -2.31. The molecule has 0 bridgehead atoms. The van der Waals surface area contributed by atoms with Crippen LogP contribution in [0.4, 0.5) is 0 Å². The van der Waals surface area contributed by atoms with Gasteiger partial charge in [0.1, 0.15) is 0 Å². The Balaban J connectivity index is 2.05. The summed E-state index contributed by atoms with van der Waals surface area (Å²) in [5.74, 6) is 0.979. The molecule has 1 heteroatoms. The fourth-order valence-electron chi connectivity index (χ4n) is 1.90. The Kier molecular flexibility index (Phi) is 4.67. The van der Waals surface area contributed by atoms with Crippen molar-refractivity contribution in [3.63, 3.8) is 0 Å². The van der Waals surface area contributed by atoms with Gasteiger partial charge in [-0.05, 0) is 38.6 Å². The lowest BCUT2D eigenvalue weighted by atomic mass is 9.89. The van der Waals surface area contributed by atoms with E-state index in [-0.39, 0.29) is 0 Å². The molecular formula is C11H23N. The highest BCUT2D eigenvalue weighted by Crippen LogP contribution is 2.22. The predicted molar refractivity (Wildman–Crippen MR) is 54.3 cm³/mol. The zero-order valence-electron chi connectivity index (χ0n) is 8.60. The van der Waals surface area contributed by atoms with E-state index in [0.717, 1.165) is 5.92 Å². The van der Waals surface area contributed by atoms with Crippen molar-refractivity contribution in [3.8, 4) is 0 Å². The average Bonchev–Trinajstić information content (AvgIpc) is 2.16. The van der Waals surface area contributed by atoms with E-state index in [9.17, 15) is 0 Å². The molecule has 1 saturated carbocycles.